The number of thiophene rings is 2. The fraction of sp³-hybridized carbons (Fsp3) is 0.370. The van der Waals surface area contributed by atoms with Gasteiger partial charge < -0.3 is 31.7 Å². The van der Waals surface area contributed by atoms with Crippen LogP contribution in [-0.2, 0) is 4.74 Å². The first-order valence-corrected chi connectivity index (χ1v) is 15.7. The molecule has 1 saturated carbocycles. The summed E-state index contributed by atoms with van der Waals surface area (Å²) in [4.78, 5) is 31.7. The number of hydrogen-bond acceptors (Lipinski definition) is 10. The third kappa shape index (κ3) is 5.52. The third-order valence-electron chi connectivity index (χ3n) is 7.30. The molecule has 5 heterocycles. The van der Waals surface area contributed by atoms with Gasteiger partial charge in [0, 0.05) is 41.9 Å². The smallest absolute Gasteiger partial charge is 0.269 e. The number of fused-ring (bicyclic) bond motifs is 1. The molecule has 0 radical (unpaired) electrons. The van der Waals surface area contributed by atoms with Gasteiger partial charge in [-0.15, -0.1) is 34.0 Å². The quantitative estimate of drug-likeness (QED) is 0.257. The number of aromatic nitrogens is 1. The number of quaternary nitrogens is 1. The molecular formula is C27H31N6O3S3+. The Morgan fingerprint density at radius 1 is 1.10 bits per heavy atom. The van der Waals surface area contributed by atoms with Crippen molar-refractivity contribution in [2.75, 3.05) is 41.8 Å². The van der Waals surface area contributed by atoms with Crippen molar-refractivity contribution in [2.45, 2.75) is 37.8 Å². The molecule has 0 unspecified atom stereocenters. The highest BCUT2D eigenvalue weighted by atomic mass is 32.1. The van der Waals surface area contributed by atoms with Gasteiger partial charge in [-0.3, -0.25) is 9.59 Å². The largest absolute Gasteiger partial charge is 0.378 e. The lowest BCUT2D eigenvalue weighted by atomic mass is 9.91. The average molecular weight is 584 g/mol. The number of rotatable bonds is 7. The van der Waals surface area contributed by atoms with Crippen LogP contribution in [0.5, 0.6) is 0 Å². The molecule has 9 nitrogen and oxygen atoms in total. The van der Waals surface area contributed by atoms with Crippen molar-refractivity contribution in [1.29, 1.82) is 0 Å². The summed E-state index contributed by atoms with van der Waals surface area (Å²) >= 11 is 4.67. The minimum absolute atomic E-state index is 0.0547. The van der Waals surface area contributed by atoms with Crippen LogP contribution in [-0.4, -0.2) is 49.3 Å². The van der Waals surface area contributed by atoms with Gasteiger partial charge in [0.05, 0.1) is 56.2 Å². The lowest BCUT2D eigenvalue weighted by molar-refractivity contribution is -0.427. The van der Waals surface area contributed by atoms with Crippen LogP contribution < -0.4 is 32.4 Å². The molecule has 1 aliphatic heterocycles. The number of morpholine rings is 1. The molecule has 2 atom stereocenters. The van der Waals surface area contributed by atoms with Crippen molar-refractivity contribution in [3.63, 3.8) is 0 Å². The van der Waals surface area contributed by atoms with Gasteiger partial charge in [-0.2, -0.15) is 0 Å². The van der Waals surface area contributed by atoms with E-state index < -0.39 is 5.91 Å². The van der Waals surface area contributed by atoms with Crippen LogP contribution in [0.1, 0.15) is 36.2 Å². The molecule has 4 aromatic rings. The SMILES string of the molecule is NC(=O)c1ncc(N[C@H]2CCCC[C@H]2[NH3+])cc1Nc1cc(-c2csc3c(=O)cc(N4CCOCC4)sc23)cs1. The van der Waals surface area contributed by atoms with Gasteiger partial charge in [0.1, 0.15) is 6.04 Å². The second-order valence-corrected chi connectivity index (χ2v) is 12.8. The predicted octanol–water partition coefficient (Wildman–Crippen LogP) is 4.09. The molecule has 0 bridgehead atoms. The fourth-order valence-corrected chi connectivity index (χ4v) is 8.40. The molecule has 2 aliphatic rings. The lowest BCUT2D eigenvalue weighted by Gasteiger charge is -2.28. The Balaban J connectivity index is 1.28. The zero-order valence-electron chi connectivity index (χ0n) is 21.4. The number of anilines is 4. The number of pyridine rings is 1. The van der Waals surface area contributed by atoms with Gasteiger partial charge in [0.15, 0.2) is 11.1 Å². The molecule has 204 valence electrons. The Morgan fingerprint density at radius 2 is 1.92 bits per heavy atom. The van der Waals surface area contributed by atoms with Gasteiger partial charge in [-0.25, -0.2) is 4.98 Å². The minimum atomic E-state index is -0.585. The molecule has 1 aliphatic carbocycles. The molecule has 0 aromatic carbocycles. The van der Waals surface area contributed by atoms with Crippen molar-refractivity contribution in [3.05, 3.63) is 51.1 Å². The van der Waals surface area contributed by atoms with Crippen molar-refractivity contribution in [1.82, 2.24) is 4.98 Å². The topological polar surface area (TPSA) is 137 Å². The van der Waals surface area contributed by atoms with Gasteiger partial charge in [0.2, 0.25) is 0 Å². The fourth-order valence-electron chi connectivity index (χ4n) is 5.19. The van der Waals surface area contributed by atoms with E-state index in [1.807, 2.05) is 12.1 Å². The zero-order chi connectivity index (χ0) is 26.9. The van der Waals surface area contributed by atoms with Crippen LogP contribution in [0.3, 0.4) is 0 Å². The van der Waals surface area contributed by atoms with Crippen LogP contribution in [0.15, 0.2) is 40.0 Å². The van der Waals surface area contributed by atoms with E-state index in [-0.39, 0.29) is 17.2 Å². The first kappa shape index (κ1) is 26.2. The Hall–Kier alpha value is -3.03. The lowest BCUT2D eigenvalue weighted by Crippen LogP contribution is -2.68. The molecule has 4 aromatic heterocycles. The number of hydrogen-bond donors (Lipinski definition) is 4. The highest BCUT2D eigenvalue weighted by molar-refractivity contribution is 7.28. The van der Waals surface area contributed by atoms with Gasteiger partial charge >= 0.3 is 0 Å². The molecule has 0 spiro atoms. The maximum atomic E-state index is 12.9. The number of nitrogens with zero attached hydrogens (tertiary/aromatic N) is 2. The molecule has 1 saturated heterocycles. The van der Waals surface area contributed by atoms with E-state index in [2.05, 4.69) is 37.0 Å². The molecule has 7 N–H and O–H groups in total. The number of ether oxygens (including phenoxy) is 1. The van der Waals surface area contributed by atoms with E-state index in [9.17, 15) is 9.59 Å². The summed E-state index contributed by atoms with van der Waals surface area (Å²) in [6, 6.07) is 6.31. The Bertz CT molecular complexity index is 1560. The summed E-state index contributed by atoms with van der Waals surface area (Å²) in [5, 5.41) is 12.9. The highest BCUT2D eigenvalue weighted by Crippen LogP contribution is 2.41. The van der Waals surface area contributed by atoms with E-state index in [0.29, 0.717) is 24.9 Å². The van der Waals surface area contributed by atoms with Crippen LogP contribution in [0.25, 0.3) is 20.5 Å². The van der Waals surface area contributed by atoms with Crippen LogP contribution >= 0.6 is 34.0 Å². The number of primary amides is 1. The van der Waals surface area contributed by atoms with Crippen LogP contribution in [0.2, 0.25) is 0 Å². The number of nitrogens with two attached hydrogens (primary N) is 1. The standard InChI is InChI=1S/C27H30N6O3S3/c28-18-3-1-2-4-19(18)31-16-10-20(24(27(29)35)30-12-16)32-22-9-15(13-37-22)17-14-38-26-21(34)11-23(39-25(17)26)33-5-7-36-8-6-33/h9-14,18-19,31-32H,1-8,28H2,(H2,29,35)/p+1/t18-,19+/m1/s1. The van der Waals surface area contributed by atoms with E-state index in [1.54, 1.807) is 23.6 Å². The molecule has 6 rings (SSSR count). The summed E-state index contributed by atoms with van der Waals surface area (Å²) in [7, 11) is 0. The first-order chi connectivity index (χ1) is 19.0. The molecule has 39 heavy (non-hydrogen) atoms. The van der Waals surface area contributed by atoms with Crippen LogP contribution in [0, 0.1) is 0 Å². The molecule has 2 fully saturated rings. The maximum Gasteiger partial charge on any atom is 0.269 e. The summed E-state index contributed by atoms with van der Waals surface area (Å²) in [5.41, 5.74) is 13.7. The maximum absolute atomic E-state index is 12.9. The average Bonchev–Trinajstić information content (AvgIpc) is 3.58. The molecule has 12 heteroatoms. The third-order valence-corrected chi connectivity index (χ3v) is 10.5. The van der Waals surface area contributed by atoms with E-state index >= 15 is 0 Å². The first-order valence-electron chi connectivity index (χ1n) is 13.1. The highest BCUT2D eigenvalue weighted by Gasteiger charge is 2.25. The molecular weight excluding hydrogens is 553 g/mol. The number of amides is 1. The number of carbonyl (C=O) groups is 1. The summed E-state index contributed by atoms with van der Waals surface area (Å²) in [6.07, 6.45) is 6.23. The number of nitrogens with one attached hydrogen (secondary N) is 2. The zero-order valence-corrected chi connectivity index (χ0v) is 23.9. The van der Waals surface area contributed by atoms with Crippen LogP contribution in [0.4, 0.5) is 21.4 Å². The second kappa shape index (κ2) is 11.2. The van der Waals surface area contributed by atoms with Crippen molar-refractivity contribution < 1.29 is 15.3 Å². The predicted molar refractivity (Wildman–Crippen MR) is 161 cm³/mol. The Morgan fingerprint density at radius 3 is 2.72 bits per heavy atom. The van der Waals surface area contributed by atoms with Crippen molar-refractivity contribution in [3.8, 4) is 11.1 Å². The monoisotopic (exact) mass is 583 g/mol. The molecule has 1 amide bonds. The summed E-state index contributed by atoms with van der Waals surface area (Å²) in [5.74, 6) is -0.585. The normalized spacial score (nSPS) is 19.8. The van der Waals surface area contributed by atoms with Gasteiger partial charge in [0.25, 0.3) is 5.91 Å². The van der Waals surface area contributed by atoms with Gasteiger partial charge in [-0.05, 0) is 30.5 Å². The van der Waals surface area contributed by atoms with Crippen molar-refractivity contribution in [2.24, 2.45) is 5.73 Å². The minimum Gasteiger partial charge on any atom is -0.378 e. The number of carbonyl (C=O) groups excluding carboxylic acids is 1. The van der Waals surface area contributed by atoms with E-state index in [4.69, 9.17) is 10.5 Å². The van der Waals surface area contributed by atoms with E-state index in [1.165, 1.54) is 35.5 Å². The van der Waals surface area contributed by atoms with E-state index in [0.717, 1.165) is 62.1 Å². The summed E-state index contributed by atoms with van der Waals surface area (Å²) < 4.78 is 7.26. The Kier molecular flexibility index (Phi) is 7.54. The summed E-state index contributed by atoms with van der Waals surface area (Å²) in [6.45, 7) is 2.91. The van der Waals surface area contributed by atoms with Crippen molar-refractivity contribution >= 4 is 70.7 Å². The Labute approximate surface area is 237 Å². The second-order valence-electron chi connectivity index (χ2n) is 9.96. The van der Waals surface area contributed by atoms with Gasteiger partial charge in [-0.1, -0.05) is 6.42 Å².